The third-order valence-corrected chi connectivity index (χ3v) is 3.75. The lowest BCUT2D eigenvalue weighted by Gasteiger charge is -2.20. The van der Waals surface area contributed by atoms with E-state index in [-0.39, 0.29) is 12.2 Å². The topological polar surface area (TPSA) is 29.5 Å². The summed E-state index contributed by atoms with van der Waals surface area (Å²) in [5.41, 5.74) is 0. The Morgan fingerprint density at radius 3 is 2.47 bits per heavy atom. The quantitative estimate of drug-likeness (QED) is 0.514. The van der Waals surface area contributed by atoms with E-state index < -0.39 is 0 Å². The molecule has 1 rings (SSSR count). The van der Waals surface area contributed by atoms with Crippen LogP contribution in [0.5, 0.6) is 0 Å². The highest BCUT2D eigenvalue weighted by Crippen LogP contribution is 2.20. The van der Waals surface area contributed by atoms with Crippen molar-refractivity contribution in [3.05, 3.63) is 0 Å². The number of unbranched alkanes of at least 4 members (excludes halogenated alkanes) is 5. The minimum absolute atomic E-state index is 0.119. The van der Waals surface area contributed by atoms with Crippen LogP contribution >= 0.6 is 0 Å². The van der Waals surface area contributed by atoms with Gasteiger partial charge in [0.1, 0.15) is 0 Å². The molecule has 1 N–H and O–H groups in total. The van der Waals surface area contributed by atoms with E-state index in [0.29, 0.717) is 0 Å². The van der Waals surface area contributed by atoms with Gasteiger partial charge >= 0.3 is 0 Å². The van der Waals surface area contributed by atoms with Gasteiger partial charge in [-0.25, -0.2) is 0 Å². The van der Waals surface area contributed by atoms with Gasteiger partial charge in [-0.3, -0.25) is 0 Å². The highest BCUT2D eigenvalue weighted by atomic mass is 16.5. The highest BCUT2D eigenvalue weighted by molar-refractivity contribution is 4.73. The van der Waals surface area contributed by atoms with E-state index in [0.717, 1.165) is 32.3 Å². The Balaban J connectivity index is 1.97. The van der Waals surface area contributed by atoms with Gasteiger partial charge in [0.15, 0.2) is 0 Å². The van der Waals surface area contributed by atoms with Crippen molar-refractivity contribution in [1.82, 2.24) is 0 Å². The van der Waals surface area contributed by atoms with E-state index in [1.807, 2.05) is 0 Å². The van der Waals surface area contributed by atoms with Gasteiger partial charge in [0, 0.05) is 6.61 Å². The fraction of sp³-hybridized carbons (Fsp3) is 1.00. The molecule has 2 unspecified atom stereocenters. The molecule has 0 spiro atoms. The summed E-state index contributed by atoms with van der Waals surface area (Å²) in [6, 6.07) is 0. The molecule has 0 aromatic rings. The van der Waals surface area contributed by atoms with Gasteiger partial charge in [0.25, 0.3) is 0 Å². The summed E-state index contributed by atoms with van der Waals surface area (Å²) in [7, 11) is 0. The Morgan fingerprint density at radius 2 is 1.65 bits per heavy atom. The SMILES string of the molecule is CCCCCCCCOC1CCCCCC1O. The predicted molar refractivity (Wildman–Crippen MR) is 72.2 cm³/mol. The van der Waals surface area contributed by atoms with Crippen molar-refractivity contribution < 1.29 is 9.84 Å². The maximum absolute atomic E-state index is 9.90. The highest BCUT2D eigenvalue weighted by Gasteiger charge is 2.21. The fourth-order valence-corrected chi connectivity index (χ4v) is 2.57. The molecule has 0 amide bonds. The van der Waals surface area contributed by atoms with Gasteiger partial charge in [0.05, 0.1) is 12.2 Å². The first kappa shape index (κ1) is 15.0. The molecule has 1 aliphatic carbocycles. The van der Waals surface area contributed by atoms with E-state index in [1.165, 1.54) is 44.9 Å². The average molecular weight is 242 g/mol. The zero-order valence-corrected chi connectivity index (χ0v) is 11.5. The molecular weight excluding hydrogens is 212 g/mol. The van der Waals surface area contributed by atoms with Gasteiger partial charge in [-0.2, -0.15) is 0 Å². The molecule has 1 aliphatic rings. The third-order valence-electron chi connectivity index (χ3n) is 3.75. The molecule has 0 aliphatic heterocycles. The maximum atomic E-state index is 9.90. The normalized spacial score (nSPS) is 25.8. The number of rotatable bonds is 8. The molecule has 0 heterocycles. The van der Waals surface area contributed by atoms with E-state index in [1.54, 1.807) is 0 Å². The molecule has 0 bridgehead atoms. The zero-order chi connectivity index (χ0) is 12.3. The first-order valence-electron chi connectivity index (χ1n) is 7.64. The van der Waals surface area contributed by atoms with Gasteiger partial charge in [-0.15, -0.1) is 0 Å². The molecular formula is C15H30O2. The maximum Gasteiger partial charge on any atom is 0.0833 e. The van der Waals surface area contributed by atoms with Crippen LogP contribution in [-0.2, 0) is 4.74 Å². The zero-order valence-electron chi connectivity index (χ0n) is 11.5. The van der Waals surface area contributed by atoms with Crippen molar-refractivity contribution in [2.45, 2.75) is 89.8 Å². The summed E-state index contributed by atoms with van der Waals surface area (Å²) in [6.07, 6.45) is 13.4. The fourth-order valence-electron chi connectivity index (χ4n) is 2.57. The van der Waals surface area contributed by atoms with Crippen molar-refractivity contribution in [2.75, 3.05) is 6.61 Å². The number of ether oxygens (including phenoxy) is 1. The number of hydrogen-bond donors (Lipinski definition) is 1. The predicted octanol–water partition coefficient (Wildman–Crippen LogP) is 4.06. The van der Waals surface area contributed by atoms with E-state index in [9.17, 15) is 5.11 Å². The van der Waals surface area contributed by atoms with Gasteiger partial charge in [0.2, 0.25) is 0 Å². The van der Waals surface area contributed by atoms with Crippen LogP contribution < -0.4 is 0 Å². The molecule has 102 valence electrons. The van der Waals surface area contributed by atoms with E-state index in [4.69, 9.17) is 4.74 Å². The summed E-state index contributed by atoms with van der Waals surface area (Å²) in [4.78, 5) is 0. The van der Waals surface area contributed by atoms with Gasteiger partial charge < -0.3 is 9.84 Å². The lowest BCUT2D eigenvalue weighted by molar-refractivity contribution is -0.0412. The summed E-state index contributed by atoms with van der Waals surface area (Å²) in [6.45, 7) is 3.09. The van der Waals surface area contributed by atoms with Crippen LogP contribution in [0.15, 0.2) is 0 Å². The molecule has 0 saturated heterocycles. The largest absolute Gasteiger partial charge is 0.390 e. The number of aliphatic hydroxyl groups excluding tert-OH is 1. The summed E-state index contributed by atoms with van der Waals surface area (Å²) >= 11 is 0. The Labute approximate surface area is 107 Å². The average Bonchev–Trinajstić information content (AvgIpc) is 2.53. The minimum atomic E-state index is -0.211. The Bertz CT molecular complexity index is 170. The lowest BCUT2D eigenvalue weighted by Crippen LogP contribution is -2.28. The second-order valence-electron chi connectivity index (χ2n) is 5.38. The minimum Gasteiger partial charge on any atom is -0.390 e. The van der Waals surface area contributed by atoms with Crippen molar-refractivity contribution in [1.29, 1.82) is 0 Å². The van der Waals surface area contributed by atoms with Crippen molar-refractivity contribution in [2.24, 2.45) is 0 Å². The van der Waals surface area contributed by atoms with Crippen LogP contribution in [0.2, 0.25) is 0 Å². The third kappa shape index (κ3) is 7.05. The van der Waals surface area contributed by atoms with Crippen LogP contribution in [0.1, 0.15) is 77.6 Å². The molecule has 2 heteroatoms. The molecule has 0 radical (unpaired) electrons. The Morgan fingerprint density at radius 1 is 0.941 bits per heavy atom. The molecule has 2 nitrogen and oxygen atoms in total. The van der Waals surface area contributed by atoms with Crippen LogP contribution in [0, 0.1) is 0 Å². The first-order valence-corrected chi connectivity index (χ1v) is 7.64. The Hall–Kier alpha value is -0.0800. The number of aliphatic hydroxyl groups is 1. The van der Waals surface area contributed by atoms with Crippen molar-refractivity contribution in [3.8, 4) is 0 Å². The van der Waals surface area contributed by atoms with Crippen LogP contribution in [0.4, 0.5) is 0 Å². The van der Waals surface area contributed by atoms with Crippen molar-refractivity contribution in [3.63, 3.8) is 0 Å². The molecule has 0 aromatic heterocycles. The van der Waals surface area contributed by atoms with Gasteiger partial charge in [-0.05, 0) is 19.3 Å². The second-order valence-corrected chi connectivity index (χ2v) is 5.38. The lowest BCUT2D eigenvalue weighted by atomic mass is 10.1. The smallest absolute Gasteiger partial charge is 0.0833 e. The Kier molecular flexibility index (Phi) is 8.72. The molecule has 2 atom stereocenters. The molecule has 17 heavy (non-hydrogen) atoms. The van der Waals surface area contributed by atoms with Crippen LogP contribution in [0.3, 0.4) is 0 Å². The summed E-state index contributed by atoms with van der Waals surface area (Å²) in [5.74, 6) is 0. The van der Waals surface area contributed by atoms with E-state index in [2.05, 4.69) is 6.92 Å². The molecule has 1 fully saturated rings. The van der Waals surface area contributed by atoms with Crippen molar-refractivity contribution >= 4 is 0 Å². The number of hydrogen-bond acceptors (Lipinski definition) is 2. The standard InChI is InChI=1S/C15H30O2/c1-2-3-4-5-6-10-13-17-15-12-9-7-8-11-14(15)16/h14-16H,2-13H2,1H3. The van der Waals surface area contributed by atoms with Crippen LogP contribution in [-0.4, -0.2) is 23.9 Å². The summed E-state index contributed by atoms with van der Waals surface area (Å²) in [5, 5.41) is 9.90. The summed E-state index contributed by atoms with van der Waals surface area (Å²) < 4.78 is 5.83. The van der Waals surface area contributed by atoms with Crippen LogP contribution in [0.25, 0.3) is 0 Å². The van der Waals surface area contributed by atoms with E-state index >= 15 is 0 Å². The second kappa shape index (κ2) is 9.90. The molecule has 0 aromatic carbocycles. The van der Waals surface area contributed by atoms with Gasteiger partial charge in [-0.1, -0.05) is 58.3 Å². The monoisotopic (exact) mass is 242 g/mol. The first-order chi connectivity index (χ1) is 8.34. The molecule has 1 saturated carbocycles.